The van der Waals surface area contributed by atoms with Gasteiger partial charge >= 0.3 is 5.97 Å². The van der Waals surface area contributed by atoms with Gasteiger partial charge in [0.1, 0.15) is 5.75 Å². The van der Waals surface area contributed by atoms with E-state index in [1.54, 1.807) is 0 Å². The van der Waals surface area contributed by atoms with Gasteiger partial charge in [-0.15, -0.1) is 23.5 Å². The highest BCUT2D eigenvalue weighted by Gasteiger charge is 2.28. The summed E-state index contributed by atoms with van der Waals surface area (Å²) in [5.41, 5.74) is 2.23. The summed E-state index contributed by atoms with van der Waals surface area (Å²) in [5, 5.41) is 0. The lowest BCUT2D eigenvalue weighted by Crippen LogP contribution is -2.29. The maximum atomic E-state index is 12.7. The van der Waals surface area contributed by atoms with Crippen molar-refractivity contribution >= 4 is 29.5 Å². The number of carbonyl (C=O) groups is 1. The van der Waals surface area contributed by atoms with E-state index in [4.69, 9.17) is 14.7 Å². The first-order valence-electron chi connectivity index (χ1n) is 15.5. The molecule has 0 amide bonds. The van der Waals surface area contributed by atoms with Crippen molar-refractivity contribution in [2.75, 3.05) is 11.5 Å². The van der Waals surface area contributed by atoms with Gasteiger partial charge < -0.3 is 4.74 Å². The first kappa shape index (κ1) is 30.4. The zero-order chi connectivity index (χ0) is 27.3. The Bertz CT molecular complexity index is 966. The molecule has 4 rings (SSSR count). The third-order valence-corrected chi connectivity index (χ3v) is 11.6. The Labute approximate surface area is 245 Å². The van der Waals surface area contributed by atoms with E-state index in [0.29, 0.717) is 16.2 Å². The van der Waals surface area contributed by atoms with Crippen LogP contribution >= 0.6 is 23.5 Å². The first-order chi connectivity index (χ1) is 19.2. The summed E-state index contributed by atoms with van der Waals surface area (Å²) in [5.74, 6) is 4.43. The van der Waals surface area contributed by atoms with E-state index in [2.05, 4.69) is 13.8 Å². The van der Waals surface area contributed by atoms with Gasteiger partial charge in [-0.1, -0.05) is 71.6 Å². The second-order valence-corrected chi connectivity index (χ2v) is 14.3. The molecule has 2 fully saturated rings. The number of ether oxygens (including phenoxy) is 1. The molecule has 1 aliphatic carbocycles. The molecule has 0 radical (unpaired) electrons. The van der Waals surface area contributed by atoms with Crippen molar-refractivity contribution in [3.8, 4) is 17.1 Å². The van der Waals surface area contributed by atoms with Crippen LogP contribution in [0.25, 0.3) is 11.4 Å². The second-order valence-electron chi connectivity index (χ2n) is 11.5. The zero-order valence-corrected chi connectivity index (χ0v) is 25.7. The van der Waals surface area contributed by atoms with E-state index in [0.717, 1.165) is 28.8 Å². The minimum atomic E-state index is -0.110. The van der Waals surface area contributed by atoms with Crippen LogP contribution in [0.1, 0.15) is 115 Å². The van der Waals surface area contributed by atoms with Crippen LogP contribution in [0.15, 0.2) is 36.7 Å². The molecule has 6 heteroatoms. The number of hydrogen-bond donors (Lipinski definition) is 0. The van der Waals surface area contributed by atoms with E-state index >= 15 is 0 Å². The van der Waals surface area contributed by atoms with Gasteiger partial charge in [0.25, 0.3) is 0 Å². The number of benzene rings is 1. The van der Waals surface area contributed by atoms with Crippen molar-refractivity contribution in [1.29, 1.82) is 0 Å². The third-order valence-electron chi connectivity index (χ3n) is 8.38. The van der Waals surface area contributed by atoms with Crippen LogP contribution in [0.5, 0.6) is 5.75 Å². The van der Waals surface area contributed by atoms with Crippen LogP contribution in [0.3, 0.4) is 0 Å². The average Bonchev–Trinajstić information content (AvgIpc) is 2.98. The van der Waals surface area contributed by atoms with Gasteiger partial charge in [-0.05, 0) is 73.8 Å². The van der Waals surface area contributed by atoms with Crippen molar-refractivity contribution in [2.45, 2.75) is 114 Å². The maximum Gasteiger partial charge on any atom is 0.316 e. The quantitative estimate of drug-likeness (QED) is 0.128. The SMILES string of the molecule is CCCCCCC[C@H]1CC[C@H](c2cnc(-c3ccc(OC(=O)[C@H]4CS[C@H](CCCCC)SC4)cc3)nc2)CC1. The van der Waals surface area contributed by atoms with E-state index in [1.807, 2.05) is 60.2 Å². The molecule has 0 bridgehead atoms. The summed E-state index contributed by atoms with van der Waals surface area (Å²) in [7, 11) is 0. The minimum absolute atomic E-state index is 0.0289. The molecule has 2 aliphatic rings. The average molecular weight is 569 g/mol. The van der Waals surface area contributed by atoms with Crippen LogP contribution in [0.2, 0.25) is 0 Å². The molecule has 1 aromatic heterocycles. The van der Waals surface area contributed by atoms with Crippen LogP contribution < -0.4 is 4.74 Å². The lowest BCUT2D eigenvalue weighted by atomic mass is 9.77. The Kier molecular flexibility index (Phi) is 13.0. The smallest absolute Gasteiger partial charge is 0.316 e. The highest BCUT2D eigenvalue weighted by molar-refractivity contribution is 8.17. The van der Waals surface area contributed by atoms with Crippen LogP contribution in [0.4, 0.5) is 0 Å². The standard InChI is InChI=1S/C33H48N2O2S2/c1-3-5-7-8-10-11-25-13-15-26(16-14-25)28-21-34-32(35-22-28)27-17-19-30(20-18-27)37-33(36)29-23-38-31(39-24-29)12-9-6-4-2/h17-22,25-26,29,31H,3-16,23-24H2,1-2H3/t25-,26-,29-,31-. The highest BCUT2D eigenvalue weighted by atomic mass is 32.2. The summed E-state index contributed by atoms with van der Waals surface area (Å²) in [4.78, 5) is 22.1. The molecule has 2 aromatic rings. The number of carbonyl (C=O) groups excluding carboxylic acids is 1. The van der Waals surface area contributed by atoms with Gasteiger partial charge in [0.05, 0.1) is 10.5 Å². The third kappa shape index (κ3) is 9.81. The molecule has 0 spiro atoms. The van der Waals surface area contributed by atoms with Crippen molar-refractivity contribution in [3.63, 3.8) is 0 Å². The molecule has 214 valence electrons. The summed E-state index contributed by atoms with van der Waals surface area (Å²) in [6.45, 7) is 4.53. The van der Waals surface area contributed by atoms with Gasteiger partial charge in [-0.2, -0.15) is 0 Å². The van der Waals surface area contributed by atoms with Crippen molar-refractivity contribution in [3.05, 3.63) is 42.2 Å². The van der Waals surface area contributed by atoms with Crippen molar-refractivity contribution in [1.82, 2.24) is 9.97 Å². The fraction of sp³-hybridized carbons (Fsp3) is 0.667. The number of aromatic nitrogens is 2. The molecule has 2 heterocycles. The number of nitrogens with zero attached hydrogens (tertiary/aromatic N) is 2. The van der Waals surface area contributed by atoms with Crippen molar-refractivity contribution in [2.24, 2.45) is 11.8 Å². The van der Waals surface area contributed by atoms with Gasteiger partial charge in [0.2, 0.25) is 0 Å². The number of rotatable bonds is 14. The van der Waals surface area contributed by atoms with E-state index in [9.17, 15) is 4.79 Å². The monoisotopic (exact) mass is 568 g/mol. The first-order valence-corrected chi connectivity index (χ1v) is 17.6. The molecular formula is C33H48N2O2S2. The Morgan fingerprint density at radius 3 is 2.10 bits per heavy atom. The Morgan fingerprint density at radius 2 is 1.44 bits per heavy atom. The Hall–Kier alpha value is -1.53. The predicted molar refractivity (Wildman–Crippen MR) is 168 cm³/mol. The fourth-order valence-corrected chi connectivity index (χ4v) is 8.87. The van der Waals surface area contributed by atoms with Crippen LogP contribution in [0, 0.1) is 11.8 Å². The summed E-state index contributed by atoms with van der Waals surface area (Å²) >= 11 is 3.84. The largest absolute Gasteiger partial charge is 0.426 e. The molecule has 1 aromatic carbocycles. The lowest BCUT2D eigenvalue weighted by Gasteiger charge is -2.28. The minimum Gasteiger partial charge on any atom is -0.426 e. The zero-order valence-electron chi connectivity index (χ0n) is 24.1. The summed E-state index contributed by atoms with van der Waals surface area (Å²) < 4.78 is 6.35. The topological polar surface area (TPSA) is 52.1 Å². The number of hydrogen-bond acceptors (Lipinski definition) is 6. The molecule has 0 N–H and O–H groups in total. The van der Waals surface area contributed by atoms with Crippen LogP contribution in [-0.4, -0.2) is 32.0 Å². The molecule has 39 heavy (non-hydrogen) atoms. The summed E-state index contributed by atoms with van der Waals surface area (Å²) in [6, 6.07) is 7.64. The van der Waals surface area contributed by atoms with Gasteiger partial charge in [-0.25, -0.2) is 9.97 Å². The molecule has 1 saturated carbocycles. The van der Waals surface area contributed by atoms with Crippen molar-refractivity contribution < 1.29 is 9.53 Å². The lowest BCUT2D eigenvalue weighted by molar-refractivity contribution is -0.137. The molecule has 0 unspecified atom stereocenters. The van der Waals surface area contributed by atoms with Crippen LogP contribution in [-0.2, 0) is 4.79 Å². The van der Waals surface area contributed by atoms with Gasteiger partial charge in [0, 0.05) is 29.5 Å². The second kappa shape index (κ2) is 16.7. The Balaban J connectivity index is 1.19. The molecular weight excluding hydrogens is 521 g/mol. The fourth-order valence-electron chi connectivity index (χ4n) is 5.80. The maximum absolute atomic E-state index is 12.7. The predicted octanol–water partition coefficient (Wildman–Crippen LogP) is 9.69. The van der Waals surface area contributed by atoms with E-state index in [1.165, 1.54) is 95.5 Å². The highest BCUT2D eigenvalue weighted by Crippen LogP contribution is 2.38. The number of thioether (sulfide) groups is 2. The molecule has 0 atom stereocenters. The van der Waals surface area contributed by atoms with E-state index < -0.39 is 0 Å². The molecule has 1 saturated heterocycles. The van der Waals surface area contributed by atoms with Gasteiger partial charge in [-0.3, -0.25) is 4.79 Å². The number of esters is 1. The van der Waals surface area contributed by atoms with E-state index in [-0.39, 0.29) is 11.9 Å². The van der Waals surface area contributed by atoms with Gasteiger partial charge in [0.15, 0.2) is 5.82 Å². The summed E-state index contributed by atoms with van der Waals surface area (Å²) in [6.07, 6.45) is 22.7. The number of unbranched alkanes of at least 4 members (excludes halogenated alkanes) is 6. The normalized spacial score (nSPS) is 23.4. The molecule has 4 nitrogen and oxygen atoms in total. The molecule has 1 aliphatic heterocycles. The Morgan fingerprint density at radius 1 is 0.821 bits per heavy atom.